The molecule has 1 unspecified atom stereocenters. The normalized spacial score (nSPS) is 15.6. The van der Waals surface area contributed by atoms with Crippen molar-refractivity contribution in [3.63, 3.8) is 0 Å². The van der Waals surface area contributed by atoms with Crippen molar-refractivity contribution in [1.29, 1.82) is 0 Å². The van der Waals surface area contributed by atoms with E-state index in [0.29, 0.717) is 43.2 Å². The van der Waals surface area contributed by atoms with Crippen molar-refractivity contribution in [2.75, 3.05) is 18.5 Å². The Balaban J connectivity index is 1.50. The van der Waals surface area contributed by atoms with E-state index < -0.39 is 6.04 Å². The molecule has 0 radical (unpaired) electrons. The number of carbonyl (C=O) groups excluding carboxylic acids is 2. The molecule has 2 amide bonds. The molecule has 0 saturated carbocycles. The minimum absolute atomic E-state index is 0.0846. The molecule has 1 aliphatic heterocycles. The van der Waals surface area contributed by atoms with E-state index in [4.69, 9.17) is 9.47 Å². The molecule has 0 bridgehead atoms. The minimum Gasteiger partial charge on any atom is -0.457 e. The molecule has 1 fully saturated rings. The van der Waals surface area contributed by atoms with Gasteiger partial charge in [0.05, 0.1) is 0 Å². The van der Waals surface area contributed by atoms with E-state index >= 15 is 0 Å². The van der Waals surface area contributed by atoms with Crippen molar-refractivity contribution in [3.05, 3.63) is 48.8 Å². The molecule has 7 nitrogen and oxygen atoms in total. The van der Waals surface area contributed by atoms with Crippen LogP contribution in [0.5, 0.6) is 11.5 Å². The van der Waals surface area contributed by atoms with Crippen LogP contribution >= 0.6 is 0 Å². The smallest absolute Gasteiger partial charge is 0.246 e. The summed E-state index contributed by atoms with van der Waals surface area (Å²) in [6.07, 6.45) is 4.69. The predicted molar refractivity (Wildman–Crippen MR) is 101 cm³/mol. The van der Waals surface area contributed by atoms with E-state index in [1.165, 1.54) is 0 Å². The van der Waals surface area contributed by atoms with Crippen molar-refractivity contribution in [3.8, 4) is 11.5 Å². The maximum Gasteiger partial charge on any atom is 0.246 e. The zero-order valence-corrected chi connectivity index (χ0v) is 15.2. The summed E-state index contributed by atoms with van der Waals surface area (Å²) in [5.74, 6) is 0.894. The molecule has 27 heavy (non-hydrogen) atoms. The van der Waals surface area contributed by atoms with Crippen LogP contribution < -0.4 is 15.4 Å². The van der Waals surface area contributed by atoms with Gasteiger partial charge in [-0.15, -0.1) is 0 Å². The number of carbonyl (C=O) groups is 2. The lowest BCUT2D eigenvalue weighted by molar-refractivity contribution is -0.131. The highest BCUT2D eigenvalue weighted by molar-refractivity contribution is 5.97. The SMILES string of the molecule is CC(NC(=O)C1CCOCC1)C(=O)Nc1ccc(Oc2ccncc2)cc1. The van der Waals surface area contributed by atoms with Gasteiger partial charge in [0.1, 0.15) is 17.5 Å². The minimum atomic E-state index is -0.618. The average molecular weight is 369 g/mol. The van der Waals surface area contributed by atoms with Crippen molar-refractivity contribution in [2.45, 2.75) is 25.8 Å². The van der Waals surface area contributed by atoms with E-state index in [0.717, 1.165) is 0 Å². The third-order valence-corrected chi connectivity index (χ3v) is 4.35. The second kappa shape index (κ2) is 9.14. The maximum absolute atomic E-state index is 12.3. The number of hydrogen-bond acceptors (Lipinski definition) is 5. The van der Waals surface area contributed by atoms with Gasteiger partial charge in [0.15, 0.2) is 0 Å². The van der Waals surface area contributed by atoms with E-state index in [-0.39, 0.29) is 17.7 Å². The number of pyridine rings is 1. The van der Waals surface area contributed by atoms with E-state index in [1.807, 2.05) is 0 Å². The third kappa shape index (κ3) is 5.52. The first kappa shape index (κ1) is 18.8. The lowest BCUT2D eigenvalue weighted by Gasteiger charge is -2.23. The van der Waals surface area contributed by atoms with Gasteiger partial charge < -0.3 is 20.1 Å². The van der Waals surface area contributed by atoms with Gasteiger partial charge in [-0.05, 0) is 56.2 Å². The fourth-order valence-corrected chi connectivity index (χ4v) is 2.76. The Bertz CT molecular complexity index is 759. The molecule has 2 aromatic rings. The molecule has 1 aromatic heterocycles. The summed E-state index contributed by atoms with van der Waals surface area (Å²) in [6.45, 7) is 2.85. The fourth-order valence-electron chi connectivity index (χ4n) is 2.76. The van der Waals surface area contributed by atoms with Crippen LogP contribution in [0.2, 0.25) is 0 Å². The number of nitrogens with zero attached hydrogens (tertiary/aromatic N) is 1. The Morgan fingerprint density at radius 3 is 2.37 bits per heavy atom. The second-order valence-corrected chi connectivity index (χ2v) is 6.42. The summed E-state index contributed by atoms with van der Waals surface area (Å²) >= 11 is 0. The molecular weight excluding hydrogens is 346 g/mol. The summed E-state index contributed by atoms with van der Waals surface area (Å²) in [5.41, 5.74) is 0.634. The number of hydrogen-bond donors (Lipinski definition) is 2. The zero-order valence-electron chi connectivity index (χ0n) is 15.2. The molecule has 1 saturated heterocycles. The summed E-state index contributed by atoms with van der Waals surface area (Å²) in [5, 5.41) is 5.57. The highest BCUT2D eigenvalue weighted by Gasteiger charge is 2.24. The Kier molecular flexibility index (Phi) is 6.38. The number of anilines is 1. The fraction of sp³-hybridized carbons (Fsp3) is 0.350. The molecule has 0 aliphatic carbocycles. The third-order valence-electron chi connectivity index (χ3n) is 4.35. The standard InChI is InChI=1S/C20H23N3O4/c1-14(22-20(25)15-8-12-26-13-9-15)19(24)23-16-2-4-17(5-3-16)27-18-6-10-21-11-7-18/h2-7,10-11,14-15H,8-9,12-13H2,1H3,(H,22,25)(H,23,24). The van der Waals surface area contributed by atoms with Crippen LogP contribution in [0.25, 0.3) is 0 Å². The van der Waals surface area contributed by atoms with Crippen molar-refractivity contribution in [2.24, 2.45) is 5.92 Å². The van der Waals surface area contributed by atoms with Gasteiger partial charge in [0.25, 0.3) is 0 Å². The molecule has 0 spiro atoms. The van der Waals surface area contributed by atoms with Crippen LogP contribution in [0.3, 0.4) is 0 Å². The van der Waals surface area contributed by atoms with Crippen molar-refractivity contribution in [1.82, 2.24) is 10.3 Å². The summed E-state index contributed by atoms with van der Waals surface area (Å²) < 4.78 is 10.9. The topological polar surface area (TPSA) is 89.5 Å². The molecule has 1 aliphatic rings. The Morgan fingerprint density at radius 1 is 1.07 bits per heavy atom. The second-order valence-electron chi connectivity index (χ2n) is 6.42. The molecule has 3 rings (SSSR count). The van der Waals surface area contributed by atoms with E-state index in [2.05, 4.69) is 15.6 Å². The Labute approximate surface area is 158 Å². The monoisotopic (exact) mass is 369 g/mol. The number of amides is 2. The number of rotatable bonds is 6. The molecule has 2 N–H and O–H groups in total. The van der Waals surface area contributed by atoms with Gasteiger partial charge >= 0.3 is 0 Å². The Hall–Kier alpha value is -2.93. The Morgan fingerprint density at radius 2 is 1.70 bits per heavy atom. The molecule has 7 heteroatoms. The summed E-state index contributed by atoms with van der Waals surface area (Å²) in [7, 11) is 0. The average Bonchev–Trinajstić information content (AvgIpc) is 2.71. The van der Waals surface area contributed by atoms with Gasteiger partial charge in [0, 0.05) is 37.2 Å². The molecule has 1 atom stereocenters. The number of nitrogens with one attached hydrogen (secondary N) is 2. The van der Waals surface area contributed by atoms with Gasteiger partial charge in [-0.1, -0.05) is 0 Å². The van der Waals surface area contributed by atoms with Crippen molar-refractivity contribution >= 4 is 17.5 Å². The van der Waals surface area contributed by atoms with E-state index in [1.54, 1.807) is 55.7 Å². The lowest BCUT2D eigenvalue weighted by Crippen LogP contribution is -2.45. The summed E-state index contributed by atoms with van der Waals surface area (Å²) in [4.78, 5) is 28.5. The molecule has 2 heterocycles. The van der Waals surface area contributed by atoms with Crippen LogP contribution in [-0.2, 0) is 14.3 Å². The van der Waals surface area contributed by atoms with Gasteiger partial charge in [-0.25, -0.2) is 0 Å². The quantitative estimate of drug-likeness (QED) is 0.817. The first-order valence-electron chi connectivity index (χ1n) is 8.99. The number of aromatic nitrogens is 1. The number of benzene rings is 1. The van der Waals surface area contributed by atoms with Gasteiger partial charge in [-0.2, -0.15) is 0 Å². The van der Waals surface area contributed by atoms with Gasteiger partial charge in [0.2, 0.25) is 11.8 Å². The van der Waals surface area contributed by atoms with Crippen LogP contribution in [0.1, 0.15) is 19.8 Å². The summed E-state index contributed by atoms with van der Waals surface area (Å²) in [6, 6.07) is 9.94. The largest absolute Gasteiger partial charge is 0.457 e. The van der Waals surface area contributed by atoms with E-state index in [9.17, 15) is 9.59 Å². The molecule has 1 aromatic carbocycles. The molecule has 142 valence electrons. The maximum atomic E-state index is 12.3. The first-order chi connectivity index (χ1) is 13.1. The van der Waals surface area contributed by atoms with Crippen LogP contribution in [-0.4, -0.2) is 36.1 Å². The lowest BCUT2D eigenvalue weighted by atomic mass is 9.99. The van der Waals surface area contributed by atoms with Crippen LogP contribution in [0.4, 0.5) is 5.69 Å². The van der Waals surface area contributed by atoms with Crippen LogP contribution in [0, 0.1) is 5.92 Å². The van der Waals surface area contributed by atoms with Crippen molar-refractivity contribution < 1.29 is 19.1 Å². The highest BCUT2D eigenvalue weighted by Crippen LogP contribution is 2.22. The highest BCUT2D eigenvalue weighted by atomic mass is 16.5. The van der Waals surface area contributed by atoms with Crippen LogP contribution in [0.15, 0.2) is 48.8 Å². The zero-order chi connectivity index (χ0) is 19.1. The predicted octanol–water partition coefficient (Wildman–Crippen LogP) is 2.74. The first-order valence-corrected chi connectivity index (χ1v) is 8.99. The number of ether oxygens (including phenoxy) is 2. The molecular formula is C20H23N3O4. The van der Waals surface area contributed by atoms with Gasteiger partial charge in [-0.3, -0.25) is 14.6 Å².